The lowest BCUT2D eigenvalue weighted by molar-refractivity contribution is 0.604. The molecule has 0 atom stereocenters. The van der Waals surface area contributed by atoms with Crippen molar-refractivity contribution in [2.45, 2.75) is 0 Å². The average Bonchev–Trinajstić information content (AvgIpc) is 2.46. The first-order chi connectivity index (χ1) is 9.20. The van der Waals surface area contributed by atoms with Crippen LogP contribution >= 0.6 is 0 Å². The van der Waals surface area contributed by atoms with Crippen LogP contribution in [-0.2, 0) is 7.05 Å². The highest BCUT2D eigenvalue weighted by Crippen LogP contribution is 2.07. The zero-order valence-corrected chi connectivity index (χ0v) is 10.4. The van der Waals surface area contributed by atoms with E-state index in [9.17, 15) is 9.59 Å². The van der Waals surface area contributed by atoms with E-state index in [4.69, 9.17) is 0 Å². The molecule has 3 rings (SSSR count). The Kier molecular flexibility index (Phi) is 2.56. The van der Waals surface area contributed by atoms with Gasteiger partial charge in [0.25, 0.3) is 11.1 Å². The van der Waals surface area contributed by atoms with E-state index < -0.39 is 0 Å². The molecule has 0 radical (unpaired) electrons. The molecule has 0 aliphatic heterocycles. The van der Waals surface area contributed by atoms with Crippen molar-refractivity contribution in [3.05, 3.63) is 75.3 Å². The molecule has 0 bridgehead atoms. The molecule has 19 heavy (non-hydrogen) atoms. The van der Waals surface area contributed by atoms with Crippen molar-refractivity contribution in [1.29, 1.82) is 0 Å². The van der Waals surface area contributed by atoms with Gasteiger partial charge in [-0.1, -0.05) is 30.3 Å². The molecule has 0 fully saturated rings. The smallest absolute Gasteiger partial charge is 0.267 e. The summed E-state index contributed by atoms with van der Waals surface area (Å²) in [5.41, 5.74) is 0.306. The predicted molar refractivity (Wildman–Crippen MR) is 74.8 cm³/mol. The third-order valence-corrected chi connectivity index (χ3v) is 3.17. The van der Waals surface area contributed by atoms with E-state index in [1.807, 2.05) is 18.2 Å². The molecule has 0 saturated heterocycles. The van der Waals surface area contributed by atoms with E-state index >= 15 is 0 Å². The van der Waals surface area contributed by atoms with Crippen LogP contribution < -0.4 is 11.1 Å². The summed E-state index contributed by atoms with van der Waals surface area (Å²) in [5, 5.41) is 0.886. The number of aromatic nitrogens is 2. The molecular formula is C15H12N2O2. The zero-order valence-electron chi connectivity index (χ0n) is 10.4. The van der Waals surface area contributed by atoms with Crippen molar-refractivity contribution in [2.24, 2.45) is 7.05 Å². The van der Waals surface area contributed by atoms with Crippen LogP contribution in [0.3, 0.4) is 0 Å². The van der Waals surface area contributed by atoms with E-state index in [-0.39, 0.29) is 11.1 Å². The Morgan fingerprint density at radius 1 is 0.737 bits per heavy atom. The van der Waals surface area contributed by atoms with Crippen LogP contribution in [0.1, 0.15) is 0 Å². The molecule has 0 spiro atoms. The van der Waals surface area contributed by atoms with Crippen LogP contribution in [0.4, 0.5) is 0 Å². The summed E-state index contributed by atoms with van der Waals surface area (Å²) in [7, 11) is 1.60. The Morgan fingerprint density at radius 3 is 1.89 bits per heavy atom. The maximum atomic E-state index is 12.5. The van der Waals surface area contributed by atoms with Gasteiger partial charge >= 0.3 is 0 Å². The third kappa shape index (κ3) is 1.69. The standard InChI is InChI=1S/C15H12N2O2/c1-16-14(18)12-9-5-6-10-13(12)15(19)17(16)11-7-3-2-4-8-11/h2-10H,1H3. The highest BCUT2D eigenvalue weighted by molar-refractivity contribution is 5.80. The molecule has 1 heterocycles. The Morgan fingerprint density at radius 2 is 1.26 bits per heavy atom. The summed E-state index contributed by atoms with van der Waals surface area (Å²) < 4.78 is 2.74. The van der Waals surface area contributed by atoms with Gasteiger partial charge in [0, 0.05) is 7.05 Å². The summed E-state index contributed by atoms with van der Waals surface area (Å²) in [6.45, 7) is 0. The molecule has 0 aliphatic carbocycles. The average molecular weight is 252 g/mol. The summed E-state index contributed by atoms with van der Waals surface area (Å²) in [4.78, 5) is 24.8. The summed E-state index contributed by atoms with van der Waals surface area (Å²) in [5.74, 6) is 0. The number of nitrogens with zero attached hydrogens (tertiary/aromatic N) is 2. The van der Waals surface area contributed by atoms with Crippen molar-refractivity contribution in [3.8, 4) is 5.69 Å². The van der Waals surface area contributed by atoms with Gasteiger partial charge in [0.15, 0.2) is 0 Å². The molecule has 94 valence electrons. The van der Waals surface area contributed by atoms with Gasteiger partial charge in [0.2, 0.25) is 0 Å². The van der Waals surface area contributed by atoms with Gasteiger partial charge in [-0.2, -0.15) is 0 Å². The topological polar surface area (TPSA) is 44.0 Å². The Balaban J connectivity index is 2.52. The second kappa shape index (κ2) is 4.24. The first-order valence-electron chi connectivity index (χ1n) is 5.96. The molecule has 0 aliphatic rings. The maximum Gasteiger partial charge on any atom is 0.278 e. The maximum absolute atomic E-state index is 12.5. The Labute approximate surface area is 109 Å². The number of hydrogen-bond donors (Lipinski definition) is 0. The molecular weight excluding hydrogens is 240 g/mol. The van der Waals surface area contributed by atoms with Crippen LogP contribution in [0, 0.1) is 0 Å². The van der Waals surface area contributed by atoms with Crippen LogP contribution in [0.25, 0.3) is 16.5 Å². The number of fused-ring (bicyclic) bond motifs is 1. The largest absolute Gasteiger partial charge is 0.278 e. The first kappa shape index (κ1) is 11.5. The SMILES string of the molecule is Cn1c(=O)c2ccccc2c(=O)n1-c1ccccc1. The molecule has 4 nitrogen and oxygen atoms in total. The van der Waals surface area contributed by atoms with E-state index in [2.05, 4.69) is 0 Å². The second-order valence-electron chi connectivity index (χ2n) is 4.33. The number of hydrogen-bond acceptors (Lipinski definition) is 2. The van der Waals surface area contributed by atoms with Crippen LogP contribution in [0.15, 0.2) is 64.2 Å². The molecule has 0 unspecified atom stereocenters. The lowest BCUT2D eigenvalue weighted by atomic mass is 10.2. The highest BCUT2D eigenvalue weighted by atomic mass is 16.2. The lowest BCUT2D eigenvalue weighted by Crippen LogP contribution is -2.35. The monoisotopic (exact) mass is 252 g/mol. The van der Waals surface area contributed by atoms with E-state index in [0.29, 0.717) is 16.5 Å². The number of para-hydroxylation sites is 1. The number of benzene rings is 2. The van der Waals surface area contributed by atoms with Gasteiger partial charge < -0.3 is 0 Å². The Bertz CT molecular complexity index is 861. The van der Waals surface area contributed by atoms with Crippen LogP contribution in [0.5, 0.6) is 0 Å². The summed E-state index contributed by atoms with van der Waals surface area (Å²) in [6, 6.07) is 16.0. The van der Waals surface area contributed by atoms with Gasteiger partial charge in [-0.3, -0.25) is 9.59 Å². The van der Waals surface area contributed by atoms with Gasteiger partial charge in [0.1, 0.15) is 0 Å². The lowest BCUT2D eigenvalue weighted by Gasteiger charge is -2.12. The second-order valence-corrected chi connectivity index (χ2v) is 4.33. The minimum Gasteiger partial charge on any atom is -0.267 e. The van der Waals surface area contributed by atoms with Gasteiger partial charge in [0.05, 0.1) is 16.5 Å². The summed E-state index contributed by atoms with van der Waals surface area (Å²) in [6.07, 6.45) is 0. The predicted octanol–water partition coefficient (Wildman–Crippen LogP) is 1.69. The van der Waals surface area contributed by atoms with Crippen molar-refractivity contribution >= 4 is 10.8 Å². The van der Waals surface area contributed by atoms with Gasteiger partial charge in [-0.25, -0.2) is 9.36 Å². The molecule has 3 aromatic rings. The molecule has 0 saturated carbocycles. The quantitative estimate of drug-likeness (QED) is 0.661. The minimum atomic E-state index is -0.191. The summed E-state index contributed by atoms with van der Waals surface area (Å²) >= 11 is 0. The van der Waals surface area contributed by atoms with Crippen molar-refractivity contribution < 1.29 is 0 Å². The highest BCUT2D eigenvalue weighted by Gasteiger charge is 2.10. The third-order valence-electron chi connectivity index (χ3n) is 3.17. The van der Waals surface area contributed by atoms with Crippen molar-refractivity contribution in [1.82, 2.24) is 9.36 Å². The van der Waals surface area contributed by atoms with E-state index in [1.54, 1.807) is 43.4 Å². The van der Waals surface area contributed by atoms with Crippen LogP contribution in [0.2, 0.25) is 0 Å². The molecule has 2 aromatic carbocycles. The van der Waals surface area contributed by atoms with Crippen LogP contribution in [-0.4, -0.2) is 9.36 Å². The molecule has 1 aromatic heterocycles. The van der Waals surface area contributed by atoms with E-state index in [0.717, 1.165) is 0 Å². The van der Waals surface area contributed by atoms with Gasteiger partial charge in [-0.05, 0) is 24.3 Å². The molecule has 0 N–H and O–H groups in total. The zero-order chi connectivity index (χ0) is 13.4. The van der Waals surface area contributed by atoms with E-state index in [1.165, 1.54) is 9.36 Å². The van der Waals surface area contributed by atoms with Crippen molar-refractivity contribution in [2.75, 3.05) is 0 Å². The minimum absolute atomic E-state index is 0.181. The first-order valence-corrected chi connectivity index (χ1v) is 5.96. The number of rotatable bonds is 1. The van der Waals surface area contributed by atoms with Gasteiger partial charge in [-0.15, -0.1) is 0 Å². The fourth-order valence-electron chi connectivity index (χ4n) is 2.23. The van der Waals surface area contributed by atoms with Crippen molar-refractivity contribution in [3.63, 3.8) is 0 Å². The normalized spacial score (nSPS) is 10.8. The Hall–Kier alpha value is -2.62. The molecule has 4 heteroatoms. The molecule has 0 amide bonds. The fourth-order valence-corrected chi connectivity index (χ4v) is 2.23. The fraction of sp³-hybridized carbons (Fsp3) is 0.0667.